The van der Waals surface area contributed by atoms with Gasteiger partial charge in [-0.25, -0.2) is 9.97 Å². The SMILES string of the molecule is CCc1ccc(Nc2nc(-c3cccnc3)nc3sc4c(c23)CCC4)cc1. The lowest BCUT2D eigenvalue weighted by Gasteiger charge is -2.11. The van der Waals surface area contributed by atoms with Gasteiger partial charge in [0.05, 0.1) is 5.39 Å². The lowest BCUT2D eigenvalue weighted by atomic mass is 10.1. The molecule has 3 heterocycles. The second kappa shape index (κ2) is 6.74. The average Bonchev–Trinajstić information content (AvgIpc) is 3.30. The number of hydrogen-bond donors (Lipinski definition) is 1. The summed E-state index contributed by atoms with van der Waals surface area (Å²) in [5.41, 5.74) is 4.76. The van der Waals surface area contributed by atoms with E-state index in [9.17, 15) is 0 Å². The summed E-state index contributed by atoms with van der Waals surface area (Å²) in [6.45, 7) is 2.17. The van der Waals surface area contributed by atoms with Crippen LogP contribution in [0.1, 0.15) is 29.3 Å². The molecule has 27 heavy (non-hydrogen) atoms. The number of fused-ring (bicyclic) bond motifs is 3. The maximum absolute atomic E-state index is 4.90. The second-order valence-corrected chi connectivity index (χ2v) is 7.93. The lowest BCUT2D eigenvalue weighted by Crippen LogP contribution is -1.99. The fraction of sp³-hybridized carbons (Fsp3) is 0.227. The first-order chi connectivity index (χ1) is 13.3. The number of benzene rings is 1. The molecule has 0 atom stereocenters. The van der Waals surface area contributed by atoms with Crippen LogP contribution in [-0.4, -0.2) is 15.0 Å². The molecule has 0 bridgehead atoms. The number of rotatable bonds is 4. The molecule has 0 amide bonds. The first-order valence-electron chi connectivity index (χ1n) is 9.40. The average molecular weight is 372 g/mol. The van der Waals surface area contributed by atoms with Gasteiger partial charge in [0.2, 0.25) is 0 Å². The van der Waals surface area contributed by atoms with Gasteiger partial charge in [0, 0.05) is 28.5 Å². The van der Waals surface area contributed by atoms with Crippen LogP contribution in [0.2, 0.25) is 0 Å². The molecular formula is C22H20N4S. The third-order valence-corrected chi connectivity index (χ3v) is 6.30. The Morgan fingerprint density at radius 1 is 1.07 bits per heavy atom. The van der Waals surface area contributed by atoms with E-state index in [-0.39, 0.29) is 0 Å². The lowest BCUT2D eigenvalue weighted by molar-refractivity contribution is 0.917. The third kappa shape index (κ3) is 2.98. The Labute approximate surface area is 162 Å². The maximum atomic E-state index is 4.90. The van der Waals surface area contributed by atoms with E-state index in [1.54, 1.807) is 6.20 Å². The molecule has 0 fully saturated rings. The molecule has 0 aliphatic heterocycles. The summed E-state index contributed by atoms with van der Waals surface area (Å²) in [5, 5.41) is 4.75. The molecule has 5 rings (SSSR count). The molecule has 1 aromatic carbocycles. The van der Waals surface area contributed by atoms with Crippen LogP contribution in [0.15, 0.2) is 48.8 Å². The Balaban J connectivity index is 1.65. The number of thiophene rings is 1. The zero-order valence-corrected chi connectivity index (χ0v) is 16.0. The van der Waals surface area contributed by atoms with Gasteiger partial charge in [0.25, 0.3) is 0 Å². The quantitative estimate of drug-likeness (QED) is 0.510. The minimum atomic E-state index is 0.725. The summed E-state index contributed by atoms with van der Waals surface area (Å²) < 4.78 is 0. The van der Waals surface area contributed by atoms with Gasteiger partial charge in [-0.1, -0.05) is 19.1 Å². The first kappa shape index (κ1) is 16.4. The molecule has 4 nitrogen and oxygen atoms in total. The Kier molecular flexibility index (Phi) is 4.09. The molecule has 0 radical (unpaired) electrons. The minimum absolute atomic E-state index is 0.725. The standard InChI is InChI=1S/C22H20N4S/c1-2-14-8-10-16(11-9-14)24-21-19-17-6-3-7-18(17)27-22(19)26-20(25-21)15-5-4-12-23-13-15/h4-5,8-13H,2-3,6-7H2,1H3,(H,24,25,26). The monoisotopic (exact) mass is 372 g/mol. The van der Waals surface area contributed by atoms with Crippen LogP contribution < -0.4 is 5.32 Å². The van der Waals surface area contributed by atoms with Gasteiger partial charge < -0.3 is 5.32 Å². The number of aryl methyl sites for hydroxylation is 3. The van der Waals surface area contributed by atoms with Gasteiger partial charge in [-0.2, -0.15) is 0 Å². The van der Waals surface area contributed by atoms with Crippen LogP contribution >= 0.6 is 11.3 Å². The summed E-state index contributed by atoms with van der Waals surface area (Å²) in [6, 6.07) is 12.5. The van der Waals surface area contributed by atoms with Crippen LogP contribution in [0, 0.1) is 0 Å². The highest BCUT2D eigenvalue weighted by atomic mass is 32.1. The van der Waals surface area contributed by atoms with E-state index in [1.807, 2.05) is 29.7 Å². The highest BCUT2D eigenvalue weighted by Crippen LogP contribution is 2.41. The molecule has 1 aliphatic rings. The van der Waals surface area contributed by atoms with Crippen molar-refractivity contribution in [2.75, 3.05) is 5.32 Å². The van der Waals surface area contributed by atoms with Crippen molar-refractivity contribution in [1.29, 1.82) is 0 Å². The van der Waals surface area contributed by atoms with Crippen molar-refractivity contribution in [2.45, 2.75) is 32.6 Å². The highest BCUT2D eigenvalue weighted by molar-refractivity contribution is 7.19. The predicted molar refractivity (Wildman–Crippen MR) is 112 cm³/mol. The molecular weight excluding hydrogens is 352 g/mol. The van der Waals surface area contributed by atoms with Gasteiger partial charge in [-0.3, -0.25) is 4.98 Å². The number of anilines is 2. The third-order valence-electron chi connectivity index (χ3n) is 5.11. The van der Waals surface area contributed by atoms with E-state index in [4.69, 9.17) is 9.97 Å². The van der Waals surface area contributed by atoms with Crippen molar-refractivity contribution >= 4 is 33.1 Å². The molecule has 0 spiro atoms. The molecule has 1 aliphatic carbocycles. The summed E-state index contributed by atoms with van der Waals surface area (Å²) >= 11 is 1.81. The summed E-state index contributed by atoms with van der Waals surface area (Å²) in [7, 11) is 0. The molecule has 4 aromatic rings. The van der Waals surface area contributed by atoms with Crippen LogP contribution in [0.5, 0.6) is 0 Å². The summed E-state index contributed by atoms with van der Waals surface area (Å²) in [5.74, 6) is 1.63. The Morgan fingerprint density at radius 2 is 1.96 bits per heavy atom. The highest BCUT2D eigenvalue weighted by Gasteiger charge is 2.22. The largest absolute Gasteiger partial charge is 0.340 e. The van der Waals surface area contributed by atoms with Crippen molar-refractivity contribution in [3.8, 4) is 11.4 Å². The molecule has 5 heteroatoms. The van der Waals surface area contributed by atoms with E-state index in [0.29, 0.717) is 0 Å². The van der Waals surface area contributed by atoms with E-state index in [1.165, 1.54) is 27.8 Å². The fourth-order valence-corrected chi connectivity index (χ4v) is 4.93. The number of nitrogens with zero attached hydrogens (tertiary/aromatic N) is 3. The van der Waals surface area contributed by atoms with Gasteiger partial charge in [-0.15, -0.1) is 11.3 Å². The van der Waals surface area contributed by atoms with Crippen molar-refractivity contribution < 1.29 is 0 Å². The number of pyridine rings is 1. The van der Waals surface area contributed by atoms with Gasteiger partial charge in [0.1, 0.15) is 10.6 Å². The topological polar surface area (TPSA) is 50.7 Å². The Morgan fingerprint density at radius 3 is 2.74 bits per heavy atom. The van der Waals surface area contributed by atoms with Crippen molar-refractivity contribution in [1.82, 2.24) is 15.0 Å². The number of hydrogen-bond acceptors (Lipinski definition) is 5. The molecule has 134 valence electrons. The van der Waals surface area contributed by atoms with Crippen molar-refractivity contribution in [3.05, 3.63) is 64.8 Å². The van der Waals surface area contributed by atoms with Crippen LogP contribution in [0.3, 0.4) is 0 Å². The number of nitrogens with one attached hydrogen (secondary N) is 1. The van der Waals surface area contributed by atoms with E-state index < -0.39 is 0 Å². The normalized spacial score (nSPS) is 13.1. The van der Waals surface area contributed by atoms with Gasteiger partial charge in [0.15, 0.2) is 5.82 Å². The summed E-state index contributed by atoms with van der Waals surface area (Å²) in [6.07, 6.45) is 8.14. The predicted octanol–water partition coefficient (Wildman–Crippen LogP) is 5.55. The smallest absolute Gasteiger partial charge is 0.164 e. The van der Waals surface area contributed by atoms with Crippen molar-refractivity contribution in [3.63, 3.8) is 0 Å². The minimum Gasteiger partial charge on any atom is -0.340 e. The second-order valence-electron chi connectivity index (χ2n) is 6.85. The fourth-order valence-electron chi connectivity index (χ4n) is 3.67. The van der Waals surface area contributed by atoms with E-state index in [2.05, 4.69) is 41.5 Å². The number of aromatic nitrogens is 3. The molecule has 0 unspecified atom stereocenters. The molecule has 0 saturated carbocycles. The maximum Gasteiger partial charge on any atom is 0.164 e. The van der Waals surface area contributed by atoms with Crippen LogP contribution in [0.25, 0.3) is 21.6 Å². The van der Waals surface area contributed by atoms with E-state index >= 15 is 0 Å². The van der Waals surface area contributed by atoms with Gasteiger partial charge in [-0.05, 0) is 61.1 Å². The summed E-state index contributed by atoms with van der Waals surface area (Å²) in [4.78, 5) is 16.5. The van der Waals surface area contributed by atoms with Crippen molar-refractivity contribution in [2.24, 2.45) is 0 Å². The Bertz CT molecular complexity index is 1100. The van der Waals surface area contributed by atoms with Crippen LogP contribution in [-0.2, 0) is 19.3 Å². The zero-order chi connectivity index (χ0) is 18.2. The van der Waals surface area contributed by atoms with Gasteiger partial charge >= 0.3 is 0 Å². The van der Waals surface area contributed by atoms with E-state index in [0.717, 1.165) is 47.0 Å². The molecule has 3 aromatic heterocycles. The molecule has 1 N–H and O–H groups in total. The molecule has 0 saturated heterocycles. The first-order valence-corrected chi connectivity index (χ1v) is 10.2. The zero-order valence-electron chi connectivity index (χ0n) is 15.2. The Hall–Kier alpha value is -2.79. The van der Waals surface area contributed by atoms with Crippen LogP contribution in [0.4, 0.5) is 11.5 Å².